The van der Waals surface area contributed by atoms with E-state index in [1.807, 2.05) is 13.8 Å². The Hall–Kier alpha value is -1.16. The zero-order valence-electron chi connectivity index (χ0n) is 7.97. The Morgan fingerprint density at radius 1 is 1.62 bits per heavy atom. The maximum absolute atomic E-state index is 11.5. The van der Waals surface area contributed by atoms with Gasteiger partial charge in [0.1, 0.15) is 6.33 Å². The van der Waals surface area contributed by atoms with Crippen LogP contribution in [0.2, 0.25) is 0 Å². The molecular formula is C9H15N3O. The first-order chi connectivity index (χ1) is 6.11. The van der Waals surface area contributed by atoms with Gasteiger partial charge in [0.25, 0.3) is 0 Å². The molecule has 0 saturated carbocycles. The SMILES string of the molecule is CC(C)CC(N)C(=O)n1ccnc1. The molecule has 4 heteroatoms. The Kier molecular flexibility index (Phi) is 3.19. The monoisotopic (exact) mass is 181 g/mol. The number of hydrogen-bond donors (Lipinski definition) is 1. The Bertz CT molecular complexity index is 266. The molecule has 13 heavy (non-hydrogen) atoms. The average molecular weight is 181 g/mol. The highest BCUT2D eigenvalue weighted by Gasteiger charge is 2.15. The standard InChI is InChI=1S/C9H15N3O/c1-7(2)5-8(10)9(13)12-4-3-11-6-12/h3-4,6-8H,5,10H2,1-2H3. The van der Waals surface area contributed by atoms with E-state index in [9.17, 15) is 4.79 Å². The van der Waals surface area contributed by atoms with Crippen molar-refractivity contribution in [1.82, 2.24) is 9.55 Å². The Labute approximate surface area is 77.8 Å². The van der Waals surface area contributed by atoms with Gasteiger partial charge in [-0.05, 0) is 12.3 Å². The quantitative estimate of drug-likeness (QED) is 0.753. The van der Waals surface area contributed by atoms with E-state index in [0.29, 0.717) is 12.3 Å². The first-order valence-corrected chi connectivity index (χ1v) is 4.39. The lowest BCUT2D eigenvalue weighted by Gasteiger charge is -2.12. The first kappa shape index (κ1) is 9.92. The maximum Gasteiger partial charge on any atom is 0.248 e. The highest BCUT2D eigenvalue weighted by Crippen LogP contribution is 2.04. The number of carbonyl (C=O) groups is 1. The highest BCUT2D eigenvalue weighted by atomic mass is 16.2. The number of rotatable bonds is 3. The third kappa shape index (κ3) is 2.66. The second-order valence-corrected chi connectivity index (χ2v) is 3.54. The van der Waals surface area contributed by atoms with E-state index in [1.165, 1.54) is 10.9 Å². The third-order valence-electron chi connectivity index (χ3n) is 1.80. The van der Waals surface area contributed by atoms with E-state index < -0.39 is 6.04 Å². The number of hydrogen-bond acceptors (Lipinski definition) is 3. The largest absolute Gasteiger partial charge is 0.320 e. The van der Waals surface area contributed by atoms with Gasteiger partial charge in [-0.3, -0.25) is 9.36 Å². The Morgan fingerprint density at radius 2 is 2.31 bits per heavy atom. The molecule has 72 valence electrons. The lowest BCUT2D eigenvalue weighted by atomic mass is 10.0. The zero-order chi connectivity index (χ0) is 9.84. The Morgan fingerprint density at radius 3 is 2.77 bits per heavy atom. The van der Waals surface area contributed by atoms with E-state index in [2.05, 4.69) is 4.98 Å². The summed E-state index contributed by atoms with van der Waals surface area (Å²) in [5.74, 6) is 0.341. The van der Waals surface area contributed by atoms with E-state index in [1.54, 1.807) is 12.4 Å². The van der Waals surface area contributed by atoms with E-state index in [0.717, 1.165) is 0 Å². The summed E-state index contributed by atoms with van der Waals surface area (Å²) in [6, 6.07) is -0.422. The molecule has 0 aliphatic rings. The topological polar surface area (TPSA) is 60.9 Å². The van der Waals surface area contributed by atoms with Gasteiger partial charge in [0.05, 0.1) is 6.04 Å². The van der Waals surface area contributed by atoms with E-state index in [-0.39, 0.29) is 5.91 Å². The molecule has 0 aliphatic heterocycles. The summed E-state index contributed by atoms with van der Waals surface area (Å²) in [6.07, 6.45) is 5.36. The van der Waals surface area contributed by atoms with Crippen molar-refractivity contribution in [3.8, 4) is 0 Å². The van der Waals surface area contributed by atoms with Gasteiger partial charge < -0.3 is 5.73 Å². The lowest BCUT2D eigenvalue weighted by Crippen LogP contribution is -2.35. The minimum atomic E-state index is -0.422. The molecule has 0 amide bonds. The molecule has 1 aromatic rings. The molecule has 4 nitrogen and oxygen atoms in total. The van der Waals surface area contributed by atoms with Crippen molar-refractivity contribution in [2.24, 2.45) is 11.7 Å². The molecule has 1 aromatic heterocycles. The third-order valence-corrected chi connectivity index (χ3v) is 1.80. The van der Waals surface area contributed by atoms with Crippen LogP contribution in [0, 0.1) is 5.92 Å². The molecule has 2 N–H and O–H groups in total. The number of carbonyl (C=O) groups excluding carboxylic acids is 1. The van der Waals surface area contributed by atoms with Gasteiger partial charge in [-0.15, -0.1) is 0 Å². The zero-order valence-corrected chi connectivity index (χ0v) is 7.97. The number of aromatic nitrogens is 2. The molecule has 0 aliphatic carbocycles. The molecule has 0 spiro atoms. The van der Waals surface area contributed by atoms with Gasteiger partial charge in [-0.2, -0.15) is 0 Å². The molecular weight excluding hydrogens is 166 g/mol. The van der Waals surface area contributed by atoms with Crippen molar-refractivity contribution in [2.75, 3.05) is 0 Å². The number of nitrogens with two attached hydrogens (primary N) is 1. The van der Waals surface area contributed by atoms with Crippen LogP contribution < -0.4 is 5.73 Å². The van der Waals surface area contributed by atoms with Gasteiger partial charge >= 0.3 is 0 Å². The van der Waals surface area contributed by atoms with Crippen molar-refractivity contribution in [3.63, 3.8) is 0 Å². The van der Waals surface area contributed by atoms with Crippen LogP contribution >= 0.6 is 0 Å². The Balaban J connectivity index is 2.58. The predicted octanol–water partition coefficient (Wildman–Crippen LogP) is 0.897. The van der Waals surface area contributed by atoms with Crippen molar-refractivity contribution >= 4 is 5.91 Å². The second kappa shape index (κ2) is 4.18. The normalized spacial score (nSPS) is 13.2. The van der Waals surface area contributed by atoms with Crippen molar-refractivity contribution in [3.05, 3.63) is 18.7 Å². The van der Waals surface area contributed by atoms with Crippen LogP contribution in [0.3, 0.4) is 0 Å². The van der Waals surface area contributed by atoms with Crippen LogP contribution in [0.25, 0.3) is 0 Å². The summed E-state index contributed by atoms with van der Waals surface area (Å²) < 4.78 is 1.42. The molecule has 0 saturated heterocycles. The summed E-state index contributed by atoms with van der Waals surface area (Å²) >= 11 is 0. The van der Waals surface area contributed by atoms with Crippen molar-refractivity contribution in [2.45, 2.75) is 26.3 Å². The molecule has 1 unspecified atom stereocenters. The minimum absolute atomic E-state index is 0.0915. The molecule has 1 heterocycles. The van der Waals surface area contributed by atoms with Gasteiger partial charge in [0.15, 0.2) is 0 Å². The van der Waals surface area contributed by atoms with Crippen molar-refractivity contribution in [1.29, 1.82) is 0 Å². The molecule has 0 radical (unpaired) electrons. The highest BCUT2D eigenvalue weighted by molar-refractivity contribution is 5.83. The van der Waals surface area contributed by atoms with Crippen LogP contribution in [-0.2, 0) is 0 Å². The van der Waals surface area contributed by atoms with Gasteiger partial charge in [0.2, 0.25) is 5.91 Å². The first-order valence-electron chi connectivity index (χ1n) is 4.39. The number of nitrogens with zero attached hydrogens (tertiary/aromatic N) is 2. The summed E-state index contributed by atoms with van der Waals surface area (Å²) in [5.41, 5.74) is 5.71. The lowest BCUT2D eigenvalue weighted by molar-refractivity contribution is 0.0868. The fourth-order valence-electron chi connectivity index (χ4n) is 1.19. The fraction of sp³-hybridized carbons (Fsp3) is 0.556. The fourth-order valence-corrected chi connectivity index (χ4v) is 1.19. The molecule has 0 bridgehead atoms. The second-order valence-electron chi connectivity index (χ2n) is 3.54. The van der Waals surface area contributed by atoms with E-state index >= 15 is 0 Å². The summed E-state index contributed by atoms with van der Waals surface area (Å²) in [5, 5.41) is 0. The van der Waals surface area contributed by atoms with Crippen LogP contribution in [0.5, 0.6) is 0 Å². The summed E-state index contributed by atoms with van der Waals surface area (Å²) in [6.45, 7) is 4.09. The molecule has 0 aromatic carbocycles. The summed E-state index contributed by atoms with van der Waals surface area (Å²) in [7, 11) is 0. The molecule has 0 fully saturated rings. The average Bonchev–Trinajstić information content (AvgIpc) is 2.53. The minimum Gasteiger partial charge on any atom is -0.320 e. The van der Waals surface area contributed by atoms with Crippen LogP contribution in [0.1, 0.15) is 25.1 Å². The molecule has 1 atom stereocenters. The van der Waals surface area contributed by atoms with Gasteiger partial charge in [-0.25, -0.2) is 4.98 Å². The van der Waals surface area contributed by atoms with Crippen molar-refractivity contribution < 1.29 is 4.79 Å². The van der Waals surface area contributed by atoms with Gasteiger partial charge in [-0.1, -0.05) is 13.8 Å². The maximum atomic E-state index is 11.5. The van der Waals surface area contributed by atoms with Crippen LogP contribution in [-0.4, -0.2) is 21.5 Å². The predicted molar refractivity (Wildman–Crippen MR) is 50.3 cm³/mol. The number of imidazole rings is 1. The van der Waals surface area contributed by atoms with Crippen LogP contribution in [0.15, 0.2) is 18.7 Å². The van der Waals surface area contributed by atoms with Crippen LogP contribution in [0.4, 0.5) is 0 Å². The van der Waals surface area contributed by atoms with Gasteiger partial charge in [0, 0.05) is 12.4 Å². The smallest absolute Gasteiger partial charge is 0.248 e. The summed E-state index contributed by atoms with van der Waals surface area (Å²) in [4.78, 5) is 15.3. The van der Waals surface area contributed by atoms with E-state index in [4.69, 9.17) is 5.73 Å². The molecule has 1 rings (SSSR count).